The van der Waals surface area contributed by atoms with Crippen molar-refractivity contribution in [2.75, 3.05) is 66.1 Å². The van der Waals surface area contributed by atoms with E-state index in [-0.39, 0.29) is 0 Å². The molecule has 2 saturated heterocycles. The van der Waals surface area contributed by atoms with Crippen LogP contribution in [0.2, 0.25) is 0 Å². The molecule has 140 valence electrons. The quantitative estimate of drug-likeness (QED) is 0.751. The Morgan fingerprint density at radius 1 is 1.12 bits per heavy atom. The number of morpholine rings is 1. The van der Waals surface area contributed by atoms with E-state index < -0.39 is 0 Å². The minimum atomic E-state index is 0.521. The van der Waals surface area contributed by atoms with Crippen LogP contribution in [0.1, 0.15) is 18.9 Å². The smallest absolute Gasteiger partial charge is 0.123 e. The van der Waals surface area contributed by atoms with Crippen LogP contribution in [-0.4, -0.2) is 86.9 Å². The van der Waals surface area contributed by atoms with Crippen LogP contribution in [0.4, 0.5) is 0 Å². The molecule has 5 nitrogen and oxygen atoms in total. The van der Waals surface area contributed by atoms with E-state index in [0.717, 1.165) is 77.8 Å². The van der Waals surface area contributed by atoms with Crippen LogP contribution in [-0.2, 0) is 11.3 Å². The first kappa shape index (κ1) is 18.6. The fourth-order valence-corrected chi connectivity index (χ4v) is 3.62. The molecule has 0 radical (unpaired) electrons. The predicted octanol–water partition coefficient (Wildman–Crippen LogP) is 1.92. The third-order valence-corrected chi connectivity index (χ3v) is 5.43. The van der Waals surface area contributed by atoms with Gasteiger partial charge < -0.3 is 14.4 Å². The summed E-state index contributed by atoms with van der Waals surface area (Å²) in [5.74, 6) is 1.04. The molecule has 2 aliphatic heterocycles. The number of para-hydroxylation sites is 1. The van der Waals surface area contributed by atoms with Gasteiger partial charge in [-0.3, -0.25) is 9.80 Å². The lowest BCUT2D eigenvalue weighted by Gasteiger charge is -2.35. The van der Waals surface area contributed by atoms with Gasteiger partial charge in [-0.05, 0) is 19.5 Å². The minimum absolute atomic E-state index is 0.521. The highest BCUT2D eigenvalue weighted by Crippen LogP contribution is 2.22. The molecule has 0 unspecified atom stereocenters. The van der Waals surface area contributed by atoms with Crippen LogP contribution in [0.5, 0.6) is 5.75 Å². The lowest BCUT2D eigenvalue weighted by molar-refractivity contribution is -0.0130. The van der Waals surface area contributed by atoms with Gasteiger partial charge in [-0.1, -0.05) is 25.1 Å². The van der Waals surface area contributed by atoms with Crippen molar-refractivity contribution < 1.29 is 9.47 Å². The molecule has 5 heteroatoms. The van der Waals surface area contributed by atoms with Crippen molar-refractivity contribution in [3.05, 3.63) is 29.8 Å². The molecular formula is C20H33N3O2. The first-order valence-corrected chi connectivity index (χ1v) is 9.69. The van der Waals surface area contributed by atoms with Gasteiger partial charge in [-0.25, -0.2) is 0 Å². The number of benzene rings is 1. The molecule has 0 bridgehead atoms. The van der Waals surface area contributed by atoms with Crippen LogP contribution in [0.3, 0.4) is 0 Å². The van der Waals surface area contributed by atoms with E-state index in [4.69, 9.17) is 9.47 Å². The number of likely N-dealkylation sites (N-methyl/N-ethyl adjacent to an activating group) is 1. The van der Waals surface area contributed by atoms with Gasteiger partial charge in [0.15, 0.2) is 0 Å². The van der Waals surface area contributed by atoms with Gasteiger partial charge >= 0.3 is 0 Å². The summed E-state index contributed by atoms with van der Waals surface area (Å²) in [6.45, 7) is 12.3. The summed E-state index contributed by atoms with van der Waals surface area (Å²) in [6, 6.07) is 9.02. The van der Waals surface area contributed by atoms with Gasteiger partial charge in [0.05, 0.1) is 13.2 Å². The Labute approximate surface area is 152 Å². The van der Waals surface area contributed by atoms with Crippen molar-refractivity contribution in [3.8, 4) is 5.75 Å². The Balaban J connectivity index is 1.52. The molecule has 1 aromatic rings. The van der Waals surface area contributed by atoms with Crippen molar-refractivity contribution in [2.45, 2.75) is 25.9 Å². The second-order valence-electron chi connectivity index (χ2n) is 7.21. The maximum Gasteiger partial charge on any atom is 0.123 e. The van der Waals surface area contributed by atoms with E-state index in [0.29, 0.717) is 6.04 Å². The SMILES string of the molecule is CC[C@H]1COCCN1Cc1ccccc1OCCN1CCN(C)CC1. The zero-order valence-corrected chi connectivity index (χ0v) is 15.8. The Kier molecular flexibility index (Phi) is 7.11. The van der Waals surface area contributed by atoms with Crippen molar-refractivity contribution in [2.24, 2.45) is 0 Å². The first-order valence-electron chi connectivity index (χ1n) is 9.69. The normalized spacial score (nSPS) is 23.7. The highest BCUT2D eigenvalue weighted by molar-refractivity contribution is 5.33. The molecule has 1 atom stereocenters. The standard InChI is InChI=1S/C20H33N3O2/c1-3-19-17-24-14-13-23(19)16-18-6-4-5-7-20(18)25-15-12-22-10-8-21(2)9-11-22/h4-7,19H,3,8-17H2,1-2H3/t19-/m0/s1. The third-order valence-electron chi connectivity index (χ3n) is 5.43. The molecule has 1 aromatic carbocycles. The molecule has 2 aliphatic rings. The summed E-state index contributed by atoms with van der Waals surface area (Å²) < 4.78 is 11.8. The minimum Gasteiger partial charge on any atom is -0.492 e. The fraction of sp³-hybridized carbons (Fsp3) is 0.700. The second kappa shape index (κ2) is 9.53. The van der Waals surface area contributed by atoms with Gasteiger partial charge in [0.2, 0.25) is 0 Å². The molecule has 2 fully saturated rings. The van der Waals surface area contributed by atoms with E-state index in [1.807, 2.05) is 0 Å². The molecule has 0 aromatic heterocycles. The summed E-state index contributed by atoms with van der Waals surface area (Å²) in [4.78, 5) is 7.42. The number of ether oxygens (including phenoxy) is 2. The monoisotopic (exact) mass is 347 g/mol. The van der Waals surface area contributed by atoms with Gasteiger partial charge in [-0.2, -0.15) is 0 Å². The molecular weight excluding hydrogens is 314 g/mol. The Morgan fingerprint density at radius 2 is 1.92 bits per heavy atom. The largest absolute Gasteiger partial charge is 0.492 e. The zero-order valence-electron chi connectivity index (χ0n) is 15.8. The topological polar surface area (TPSA) is 28.2 Å². The number of rotatable bonds is 7. The Hall–Kier alpha value is -1.14. The summed E-state index contributed by atoms with van der Waals surface area (Å²) >= 11 is 0. The van der Waals surface area contributed by atoms with E-state index in [1.54, 1.807) is 0 Å². The summed E-state index contributed by atoms with van der Waals surface area (Å²) in [7, 11) is 2.19. The molecule has 0 amide bonds. The lowest BCUT2D eigenvalue weighted by Crippen LogP contribution is -2.45. The lowest BCUT2D eigenvalue weighted by atomic mass is 10.1. The van der Waals surface area contributed by atoms with Crippen LogP contribution in [0.15, 0.2) is 24.3 Å². The first-order chi connectivity index (χ1) is 12.3. The van der Waals surface area contributed by atoms with E-state index in [1.165, 1.54) is 5.56 Å². The number of hydrogen-bond acceptors (Lipinski definition) is 5. The Morgan fingerprint density at radius 3 is 2.72 bits per heavy atom. The van der Waals surface area contributed by atoms with Gasteiger partial charge in [0.25, 0.3) is 0 Å². The molecule has 25 heavy (non-hydrogen) atoms. The van der Waals surface area contributed by atoms with Crippen molar-refractivity contribution in [3.63, 3.8) is 0 Å². The van der Waals surface area contributed by atoms with Crippen molar-refractivity contribution >= 4 is 0 Å². The highest BCUT2D eigenvalue weighted by atomic mass is 16.5. The van der Waals surface area contributed by atoms with Crippen LogP contribution in [0.25, 0.3) is 0 Å². The highest BCUT2D eigenvalue weighted by Gasteiger charge is 2.22. The number of piperazine rings is 1. The zero-order chi connectivity index (χ0) is 17.5. The fourth-order valence-electron chi connectivity index (χ4n) is 3.62. The van der Waals surface area contributed by atoms with Crippen LogP contribution in [0, 0.1) is 0 Å². The molecule has 3 rings (SSSR count). The van der Waals surface area contributed by atoms with E-state index >= 15 is 0 Å². The summed E-state index contributed by atoms with van der Waals surface area (Å²) in [6.07, 6.45) is 1.13. The molecule has 0 N–H and O–H groups in total. The van der Waals surface area contributed by atoms with Crippen LogP contribution >= 0.6 is 0 Å². The number of hydrogen-bond donors (Lipinski definition) is 0. The molecule has 0 aliphatic carbocycles. The summed E-state index contributed by atoms with van der Waals surface area (Å²) in [5.41, 5.74) is 1.29. The van der Waals surface area contributed by atoms with Crippen molar-refractivity contribution in [1.29, 1.82) is 0 Å². The number of nitrogens with zero attached hydrogens (tertiary/aromatic N) is 3. The average molecular weight is 348 g/mol. The summed E-state index contributed by atoms with van der Waals surface area (Å²) in [5, 5.41) is 0. The molecule has 0 spiro atoms. The van der Waals surface area contributed by atoms with Gasteiger partial charge in [-0.15, -0.1) is 0 Å². The predicted molar refractivity (Wildman–Crippen MR) is 101 cm³/mol. The second-order valence-corrected chi connectivity index (χ2v) is 7.21. The van der Waals surface area contributed by atoms with E-state index in [9.17, 15) is 0 Å². The Bertz CT molecular complexity index is 517. The van der Waals surface area contributed by atoms with E-state index in [2.05, 4.69) is 52.9 Å². The molecule has 0 saturated carbocycles. The van der Waals surface area contributed by atoms with Gasteiger partial charge in [0.1, 0.15) is 12.4 Å². The van der Waals surface area contributed by atoms with Gasteiger partial charge in [0, 0.05) is 57.4 Å². The van der Waals surface area contributed by atoms with Crippen LogP contribution < -0.4 is 4.74 Å². The molecule has 2 heterocycles. The maximum atomic E-state index is 6.16. The third kappa shape index (κ3) is 5.42. The average Bonchev–Trinajstić information content (AvgIpc) is 2.65. The van der Waals surface area contributed by atoms with Crippen molar-refractivity contribution in [1.82, 2.24) is 14.7 Å². The maximum absolute atomic E-state index is 6.16.